The number of carbonyl (C=O) groups excluding carboxylic acids is 3. The molecule has 7 heteroatoms. The number of hydrogen-bond donors (Lipinski definition) is 1. The average Bonchev–Trinajstić information content (AvgIpc) is 2.72. The quantitative estimate of drug-likeness (QED) is 0.885. The summed E-state index contributed by atoms with van der Waals surface area (Å²) in [4.78, 5) is 41.1. The van der Waals surface area contributed by atoms with Crippen molar-refractivity contribution in [2.45, 2.75) is 12.3 Å². The molecule has 0 aromatic heterocycles. The molecule has 144 valence electrons. The molecule has 28 heavy (non-hydrogen) atoms. The molecule has 0 saturated carbocycles. The average molecular weight is 379 g/mol. The van der Waals surface area contributed by atoms with Crippen LogP contribution in [0, 0.1) is 0 Å². The van der Waals surface area contributed by atoms with Gasteiger partial charge in [0.05, 0.1) is 13.0 Å². The fraction of sp³-hybridized carbons (Fsp3) is 0.286. The Labute approximate surface area is 162 Å². The molecular formula is C21H21N3O4. The summed E-state index contributed by atoms with van der Waals surface area (Å²) in [5.74, 6) is -0.528. The normalized spacial score (nSPS) is 19.1. The first-order chi connectivity index (χ1) is 13.6. The topological polar surface area (TPSA) is 79.0 Å². The lowest BCUT2D eigenvalue weighted by Crippen LogP contribution is -2.53. The van der Waals surface area contributed by atoms with E-state index in [-0.39, 0.29) is 30.7 Å². The van der Waals surface area contributed by atoms with Gasteiger partial charge in [0, 0.05) is 30.9 Å². The van der Waals surface area contributed by atoms with Crippen molar-refractivity contribution in [3.63, 3.8) is 0 Å². The molecule has 1 fully saturated rings. The molecule has 0 aliphatic carbocycles. The highest BCUT2D eigenvalue weighted by molar-refractivity contribution is 6.03. The minimum Gasteiger partial charge on any atom is -0.497 e. The number of nitrogens with one attached hydrogen (secondary N) is 1. The molecule has 2 aromatic carbocycles. The number of carbonyl (C=O) groups is 3. The second-order valence-electron chi connectivity index (χ2n) is 6.90. The maximum atomic E-state index is 13.2. The van der Waals surface area contributed by atoms with E-state index in [1.165, 1.54) is 0 Å². The van der Waals surface area contributed by atoms with E-state index in [4.69, 9.17) is 4.74 Å². The van der Waals surface area contributed by atoms with Crippen LogP contribution in [-0.2, 0) is 14.4 Å². The zero-order chi connectivity index (χ0) is 19.7. The number of amides is 3. The van der Waals surface area contributed by atoms with Crippen LogP contribution in [0.25, 0.3) is 0 Å². The minimum absolute atomic E-state index is 0.00511. The van der Waals surface area contributed by atoms with Gasteiger partial charge in [-0.2, -0.15) is 0 Å². The number of para-hydroxylation sites is 1. The van der Waals surface area contributed by atoms with Crippen molar-refractivity contribution in [1.82, 2.24) is 4.90 Å². The Hall–Kier alpha value is -3.35. The Balaban J connectivity index is 1.54. The standard InChI is InChI=1S/C21H21N3O4/c1-28-15-7-8-18-16(11-15)17(12-19(25)22-18)21(27)23-9-10-24(20(26)13-23)14-5-3-2-4-6-14/h2-8,11,17H,9-10,12-13H2,1H3,(H,22,25)/t17-/m1/s1. The minimum atomic E-state index is -0.616. The molecule has 4 rings (SSSR count). The Bertz CT molecular complexity index is 929. The summed E-state index contributed by atoms with van der Waals surface area (Å²) in [7, 11) is 1.56. The lowest BCUT2D eigenvalue weighted by Gasteiger charge is -2.37. The first kappa shape index (κ1) is 18.0. The molecule has 7 nitrogen and oxygen atoms in total. The molecule has 2 aromatic rings. The summed E-state index contributed by atoms with van der Waals surface area (Å²) in [5.41, 5.74) is 2.17. The summed E-state index contributed by atoms with van der Waals surface area (Å²) in [6.07, 6.45) is 0.0616. The van der Waals surface area contributed by atoms with Crippen molar-refractivity contribution >= 4 is 29.1 Å². The first-order valence-corrected chi connectivity index (χ1v) is 9.19. The molecular weight excluding hydrogens is 358 g/mol. The van der Waals surface area contributed by atoms with Crippen LogP contribution in [-0.4, -0.2) is 49.4 Å². The van der Waals surface area contributed by atoms with E-state index in [0.29, 0.717) is 24.5 Å². The van der Waals surface area contributed by atoms with E-state index in [9.17, 15) is 14.4 Å². The number of fused-ring (bicyclic) bond motifs is 1. The van der Waals surface area contributed by atoms with Gasteiger partial charge in [0.25, 0.3) is 0 Å². The van der Waals surface area contributed by atoms with Crippen molar-refractivity contribution < 1.29 is 19.1 Å². The maximum absolute atomic E-state index is 13.2. The smallest absolute Gasteiger partial charge is 0.246 e. The largest absolute Gasteiger partial charge is 0.497 e. The van der Waals surface area contributed by atoms with Gasteiger partial charge in [0.15, 0.2) is 0 Å². The molecule has 1 atom stereocenters. The van der Waals surface area contributed by atoms with E-state index in [1.54, 1.807) is 35.1 Å². The molecule has 1 N–H and O–H groups in total. The van der Waals surface area contributed by atoms with Gasteiger partial charge in [0.1, 0.15) is 12.3 Å². The molecule has 2 aliphatic heterocycles. The molecule has 0 spiro atoms. The lowest BCUT2D eigenvalue weighted by molar-refractivity contribution is -0.139. The summed E-state index contributed by atoms with van der Waals surface area (Å²) in [6, 6.07) is 14.7. The van der Waals surface area contributed by atoms with E-state index < -0.39 is 5.92 Å². The zero-order valence-corrected chi connectivity index (χ0v) is 15.6. The van der Waals surface area contributed by atoms with Crippen LogP contribution < -0.4 is 15.0 Å². The van der Waals surface area contributed by atoms with Crippen molar-refractivity contribution in [3.8, 4) is 5.75 Å². The summed E-state index contributed by atoms with van der Waals surface area (Å²) in [6.45, 7) is 0.862. The van der Waals surface area contributed by atoms with Gasteiger partial charge in [-0.25, -0.2) is 0 Å². The van der Waals surface area contributed by atoms with Crippen LogP contribution in [0.4, 0.5) is 11.4 Å². The van der Waals surface area contributed by atoms with Crippen molar-refractivity contribution in [1.29, 1.82) is 0 Å². The predicted molar refractivity (Wildman–Crippen MR) is 104 cm³/mol. The number of anilines is 2. The first-order valence-electron chi connectivity index (χ1n) is 9.19. The Morgan fingerprint density at radius 1 is 1.11 bits per heavy atom. The third-order valence-corrected chi connectivity index (χ3v) is 5.20. The maximum Gasteiger partial charge on any atom is 0.246 e. The second-order valence-corrected chi connectivity index (χ2v) is 6.90. The summed E-state index contributed by atoms with van der Waals surface area (Å²) < 4.78 is 5.26. The van der Waals surface area contributed by atoms with E-state index in [0.717, 1.165) is 11.3 Å². The number of piperazine rings is 1. The third kappa shape index (κ3) is 3.31. The molecule has 1 saturated heterocycles. The molecule has 2 aliphatic rings. The van der Waals surface area contributed by atoms with Crippen LogP contribution in [0.1, 0.15) is 17.9 Å². The highest BCUT2D eigenvalue weighted by atomic mass is 16.5. The molecule has 0 bridgehead atoms. The van der Waals surface area contributed by atoms with Crippen molar-refractivity contribution in [3.05, 3.63) is 54.1 Å². The van der Waals surface area contributed by atoms with Gasteiger partial charge in [-0.15, -0.1) is 0 Å². The van der Waals surface area contributed by atoms with Gasteiger partial charge in [-0.3, -0.25) is 14.4 Å². The van der Waals surface area contributed by atoms with E-state index >= 15 is 0 Å². The predicted octanol–water partition coefficient (Wildman–Crippen LogP) is 2.00. The monoisotopic (exact) mass is 379 g/mol. The summed E-state index contributed by atoms with van der Waals surface area (Å²) in [5, 5.41) is 2.80. The fourth-order valence-electron chi connectivity index (χ4n) is 3.75. The van der Waals surface area contributed by atoms with Gasteiger partial charge >= 0.3 is 0 Å². The number of ether oxygens (including phenoxy) is 1. The van der Waals surface area contributed by atoms with Crippen molar-refractivity contribution in [2.24, 2.45) is 0 Å². The molecule has 0 unspecified atom stereocenters. The van der Waals surface area contributed by atoms with Crippen LogP contribution in [0.5, 0.6) is 5.75 Å². The van der Waals surface area contributed by atoms with E-state index in [1.807, 2.05) is 30.3 Å². The number of nitrogens with zero attached hydrogens (tertiary/aromatic N) is 2. The Morgan fingerprint density at radius 2 is 1.89 bits per heavy atom. The van der Waals surface area contributed by atoms with Gasteiger partial charge in [-0.05, 0) is 35.9 Å². The molecule has 0 radical (unpaired) electrons. The molecule has 3 amide bonds. The van der Waals surface area contributed by atoms with Crippen molar-refractivity contribution in [2.75, 3.05) is 37.0 Å². The lowest BCUT2D eigenvalue weighted by atomic mass is 9.89. The third-order valence-electron chi connectivity index (χ3n) is 5.20. The van der Waals surface area contributed by atoms with Gasteiger partial charge in [0.2, 0.25) is 17.7 Å². The number of benzene rings is 2. The summed E-state index contributed by atoms with van der Waals surface area (Å²) >= 11 is 0. The van der Waals surface area contributed by atoms with Crippen LogP contribution in [0.15, 0.2) is 48.5 Å². The van der Waals surface area contributed by atoms with Crippen LogP contribution in [0.3, 0.4) is 0 Å². The fourth-order valence-corrected chi connectivity index (χ4v) is 3.75. The number of hydrogen-bond acceptors (Lipinski definition) is 4. The van der Waals surface area contributed by atoms with Gasteiger partial charge in [-0.1, -0.05) is 18.2 Å². The number of methoxy groups -OCH3 is 1. The molecule has 2 heterocycles. The Kier molecular flexibility index (Phi) is 4.73. The highest BCUT2D eigenvalue weighted by Crippen LogP contribution is 2.36. The van der Waals surface area contributed by atoms with Crippen LogP contribution >= 0.6 is 0 Å². The Morgan fingerprint density at radius 3 is 2.61 bits per heavy atom. The number of rotatable bonds is 3. The SMILES string of the molecule is COc1ccc2c(c1)[C@H](C(=O)N1CCN(c3ccccc3)C(=O)C1)CC(=O)N2. The zero-order valence-electron chi connectivity index (χ0n) is 15.6. The highest BCUT2D eigenvalue weighted by Gasteiger charge is 2.36. The van der Waals surface area contributed by atoms with E-state index in [2.05, 4.69) is 5.32 Å². The van der Waals surface area contributed by atoms with Crippen LogP contribution in [0.2, 0.25) is 0 Å². The second kappa shape index (κ2) is 7.34. The van der Waals surface area contributed by atoms with Gasteiger partial charge < -0.3 is 19.9 Å².